The third-order valence-corrected chi connectivity index (χ3v) is 3.35. The van der Waals surface area contributed by atoms with E-state index in [1.165, 1.54) is 0 Å². The molecule has 0 unspecified atom stereocenters. The maximum atomic E-state index is 11.5. The number of carbonyl (C=O) groups is 1. The molecule has 1 aromatic carbocycles. The van der Waals surface area contributed by atoms with E-state index in [2.05, 4.69) is 5.32 Å². The summed E-state index contributed by atoms with van der Waals surface area (Å²) in [4.78, 5) is 11.5. The number of aliphatic hydroxyl groups excluding tert-OH is 4. The summed E-state index contributed by atoms with van der Waals surface area (Å²) >= 11 is 0. The molecular weight excluding hydrogens is 294 g/mol. The molecule has 1 aliphatic heterocycles. The summed E-state index contributed by atoms with van der Waals surface area (Å²) < 4.78 is 9.89. The van der Waals surface area contributed by atoms with Gasteiger partial charge in [0.1, 0.15) is 31.0 Å². The van der Waals surface area contributed by atoms with Gasteiger partial charge in [-0.1, -0.05) is 30.3 Å². The first kappa shape index (κ1) is 16.7. The van der Waals surface area contributed by atoms with Crippen molar-refractivity contribution in [1.82, 2.24) is 5.32 Å². The van der Waals surface area contributed by atoms with Crippen molar-refractivity contribution in [3.05, 3.63) is 35.9 Å². The number of hydrogen-bond donors (Lipinski definition) is 5. The van der Waals surface area contributed by atoms with Crippen LogP contribution in [0.15, 0.2) is 30.3 Å². The second-order valence-electron chi connectivity index (χ2n) is 4.98. The van der Waals surface area contributed by atoms with Crippen LogP contribution in [-0.4, -0.2) is 63.8 Å². The first-order valence-corrected chi connectivity index (χ1v) is 6.81. The van der Waals surface area contributed by atoms with Gasteiger partial charge in [-0.3, -0.25) is 0 Å². The zero-order chi connectivity index (χ0) is 16.1. The minimum absolute atomic E-state index is 0.0880. The molecule has 8 heteroatoms. The third kappa shape index (κ3) is 4.15. The normalized spacial score (nSPS) is 31.5. The molecular formula is C14H19NO7. The highest BCUT2D eigenvalue weighted by atomic mass is 16.6. The number of nitrogens with one attached hydrogen (secondary N) is 1. The molecule has 1 fully saturated rings. The van der Waals surface area contributed by atoms with Gasteiger partial charge in [0.05, 0.1) is 0 Å². The van der Waals surface area contributed by atoms with Crippen molar-refractivity contribution in [1.29, 1.82) is 0 Å². The molecule has 1 saturated heterocycles. The molecule has 1 heterocycles. The molecule has 0 aromatic heterocycles. The Morgan fingerprint density at radius 2 is 1.77 bits per heavy atom. The lowest BCUT2D eigenvalue weighted by atomic mass is 9.99. The highest BCUT2D eigenvalue weighted by Gasteiger charge is 2.42. The van der Waals surface area contributed by atoms with Crippen LogP contribution in [0.3, 0.4) is 0 Å². The predicted octanol–water partition coefficient (Wildman–Crippen LogP) is -1.29. The Morgan fingerprint density at radius 3 is 2.45 bits per heavy atom. The van der Waals surface area contributed by atoms with Crippen molar-refractivity contribution in [3.63, 3.8) is 0 Å². The maximum absolute atomic E-state index is 11.5. The number of alkyl carbamates (subject to hydrolysis) is 1. The van der Waals surface area contributed by atoms with E-state index in [0.29, 0.717) is 0 Å². The van der Waals surface area contributed by atoms with Crippen LogP contribution in [0.4, 0.5) is 4.79 Å². The van der Waals surface area contributed by atoms with E-state index in [-0.39, 0.29) is 13.2 Å². The highest BCUT2D eigenvalue weighted by molar-refractivity contribution is 5.67. The van der Waals surface area contributed by atoms with Crippen LogP contribution >= 0.6 is 0 Å². The van der Waals surface area contributed by atoms with E-state index in [1.54, 1.807) is 12.1 Å². The summed E-state index contributed by atoms with van der Waals surface area (Å²) in [6.45, 7) is -0.0969. The van der Waals surface area contributed by atoms with E-state index in [0.717, 1.165) is 5.56 Å². The second-order valence-corrected chi connectivity index (χ2v) is 4.98. The van der Waals surface area contributed by atoms with Gasteiger partial charge in [0.25, 0.3) is 0 Å². The first-order chi connectivity index (χ1) is 10.5. The average Bonchev–Trinajstić information content (AvgIpc) is 2.54. The van der Waals surface area contributed by atoms with Crippen LogP contribution in [0.25, 0.3) is 0 Å². The molecule has 1 aromatic rings. The molecule has 0 spiro atoms. The van der Waals surface area contributed by atoms with Crippen LogP contribution in [0.1, 0.15) is 5.56 Å². The smallest absolute Gasteiger partial charge is 0.407 e. The molecule has 5 atom stereocenters. The number of ether oxygens (including phenoxy) is 2. The third-order valence-electron chi connectivity index (χ3n) is 3.35. The standard InChI is InChI=1S/C14H19NO7/c16-10-9(22-13(19)12(18)11(10)17)6-15-14(20)21-7-8-4-2-1-3-5-8/h1-5,9-13,16-19H,6-7H2,(H,15,20)/t9-,10+,11-,12-,13+/m1/s1. The Bertz CT molecular complexity index is 483. The summed E-state index contributed by atoms with van der Waals surface area (Å²) in [5.74, 6) is 0. The zero-order valence-electron chi connectivity index (χ0n) is 11.7. The van der Waals surface area contributed by atoms with E-state index in [4.69, 9.17) is 9.47 Å². The van der Waals surface area contributed by atoms with Crippen molar-refractivity contribution in [2.45, 2.75) is 37.3 Å². The first-order valence-electron chi connectivity index (χ1n) is 6.81. The van der Waals surface area contributed by atoms with E-state index < -0.39 is 36.8 Å². The average molecular weight is 313 g/mol. The van der Waals surface area contributed by atoms with E-state index >= 15 is 0 Å². The lowest BCUT2D eigenvalue weighted by Crippen LogP contribution is -2.60. The molecule has 1 aliphatic rings. The van der Waals surface area contributed by atoms with E-state index in [9.17, 15) is 25.2 Å². The predicted molar refractivity (Wildman–Crippen MR) is 73.5 cm³/mol. The van der Waals surface area contributed by atoms with Crippen LogP contribution in [0.5, 0.6) is 0 Å². The number of rotatable bonds is 4. The van der Waals surface area contributed by atoms with Crippen molar-refractivity contribution in [2.75, 3.05) is 6.54 Å². The number of aliphatic hydroxyl groups is 4. The van der Waals surface area contributed by atoms with Gasteiger partial charge in [0.15, 0.2) is 6.29 Å². The molecule has 1 amide bonds. The van der Waals surface area contributed by atoms with Crippen molar-refractivity contribution < 1.29 is 34.7 Å². The minimum atomic E-state index is -1.63. The molecule has 0 bridgehead atoms. The van der Waals surface area contributed by atoms with Gasteiger partial charge in [-0.2, -0.15) is 0 Å². The SMILES string of the molecule is O=C(NC[C@H]1O[C@H](O)[C@H](O)[C@H](O)[C@H]1O)OCc1ccccc1. The fourth-order valence-electron chi connectivity index (χ4n) is 2.06. The second kappa shape index (κ2) is 7.52. The Labute approximate surface area is 126 Å². The van der Waals surface area contributed by atoms with Crippen LogP contribution < -0.4 is 5.32 Å². The molecule has 2 rings (SSSR count). The van der Waals surface area contributed by atoms with Gasteiger partial charge in [0.2, 0.25) is 0 Å². The van der Waals surface area contributed by atoms with E-state index in [1.807, 2.05) is 18.2 Å². The Hall–Kier alpha value is -1.71. The topological polar surface area (TPSA) is 128 Å². The van der Waals surface area contributed by atoms with Crippen LogP contribution in [0.2, 0.25) is 0 Å². The molecule has 8 nitrogen and oxygen atoms in total. The highest BCUT2D eigenvalue weighted by Crippen LogP contribution is 2.19. The Kier molecular flexibility index (Phi) is 5.69. The summed E-state index contributed by atoms with van der Waals surface area (Å²) in [7, 11) is 0. The molecule has 0 saturated carbocycles. The van der Waals surface area contributed by atoms with Gasteiger partial charge < -0.3 is 35.2 Å². The quantitative estimate of drug-likeness (QED) is 0.468. The molecule has 5 N–H and O–H groups in total. The van der Waals surface area contributed by atoms with Crippen molar-refractivity contribution in [3.8, 4) is 0 Å². The molecule has 122 valence electrons. The zero-order valence-corrected chi connectivity index (χ0v) is 11.7. The summed E-state index contributed by atoms with van der Waals surface area (Å²) in [6.07, 6.45) is -8.02. The van der Waals surface area contributed by atoms with Crippen molar-refractivity contribution >= 4 is 6.09 Å². The maximum Gasteiger partial charge on any atom is 0.407 e. The van der Waals surface area contributed by atoms with Gasteiger partial charge in [-0.05, 0) is 5.56 Å². The molecule has 0 radical (unpaired) electrons. The Balaban J connectivity index is 1.76. The lowest BCUT2D eigenvalue weighted by Gasteiger charge is -2.38. The molecule has 22 heavy (non-hydrogen) atoms. The summed E-state index contributed by atoms with van der Waals surface area (Å²) in [6, 6.07) is 9.08. The summed E-state index contributed by atoms with van der Waals surface area (Å²) in [5, 5.41) is 40.3. The fourth-order valence-corrected chi connectivity index (χ4v) is 2.06. The largest absolute Gasteiger partial charge is 0.445 e. The fraction of sp³-hybridized carbons (Fsp3) is 0.500. The lowest BCUT2D eigenvalue weighted by molar-refractivity contribution is -0.280. The number of carbonyl (C=O) groups excluding carboxylic acids is 1. The van der Waals surface area contributed by atoms with Gasteiger partial charge in [-0.25, -0.2) is 4.79 Å². The number of amides is 1. The molecule has 0 aliphatic carbocycles. The van der Waals surface area contributed by atoms with Crippen LogP contribution in [0, 0.1) is 0 Å². The van der Waals surface area contributed by atoms with Gasteiger partial charge >= 0.3 is 6.09 Å². The monoisotopic (exact) mass is 313 g/mol. The van der Waals surface area contributed by atoms with Crippen molar-refractivity contribution in [2.24, 2.45) is 0 Å². The minimum Gasteiger partial charge on any atom is -0.445 e. The summed E-state index contributed by atoms with van der Waals surface area (Å²) in [5.41, 5.74) is 0.820. The van der Waals surface area contributed by atoms with Gasteiger partial charge in [-0.15, -0.1) is 0 Å². The number of hydrogen-bond acceptors (Lipinski definition) is 7. The Morgan fingerprint density at radius 1 is 1.09 bits per heavy atom. The number of benzene rings is 1. The van der Waals surface area contributed by atoms with Gasteiger partial charge in [0, 0.05) is 6.54 Å². The van der Waals surface area contributed by atoms with Crippen LogP contribution in [-0.2, 0) is 16.1 Å².